The van der Waals surface area contributed by atoms with E-state index in [0.717, 1.165) is 12.0 Å². The Balaban J connectivity index is 0.00000450. The first-order chi connectivity index (χ1) is 14.0. The van der Waals surface area contributed by atoms with Crippen LogP contribution in [0, 0.1) is 0 Å². The first-order valence-corrected chi connectivity index (χ1v) is 9.70. The van der Waals surface area contributed by atoms with Gasteiger partial charge in [-0.05, 0) is 48.4 Å². The monoisotopic (exact) mass is 543 g/mol. The minimum atomic E-state index is -0.151. The number of nitrogens with one attached hydrogen (secondary N) is 4. The van der Waals surface area contributed by atoms with Crippen molar-refractivity contribution in [3.63, 3.8) is 0 Å². The van der Waals surface area contributed by atoms with Gasteiger partial charge in [-0.2, -0.15) is 0 Å². The van der Waals surface area contributed by atoms with Gasteiger partial charge in [0.25, 0.3) is 11.8 Å². The second kappa shape index (κ2) is 13.8. The zero-order valence-corrected chi connectivity index (χ0v) is 20.1. The summed E-state index contributed by atoms with van der Waals surface area (Å²) >= 11 is 5.82. The molecule has 0 heterocycles. The maximum atomic E-state index is 12.0. The molecule has 0 saturated carbocycles. The number of benzene rings is 2. The summed E-state index contributed by atoms with van der Waals surface area (Å²) < 4.78 is 0. The molecule has 2 aromatic rings. The van der Waals surface area contributed by atoms with E-state index < -0.39 is 0 Å². The van der Waals surface area contributed by atoms with Crippen molar-refractivity contribution in [1.82, 2.24) is 21.3 Å². The largest absolute Gasteiger partial charge is 0.356 e. The van der Waals surface area contributed by atoms with Crippen LogP contribution in [0.4, 0.5) is 0 Å². The number of carbonyl (C=O) groups excluding carboxylic acids is 2. The summed E-state index contributed by atoms with van der Waals surface area (Å²) in [5, 5.41) is 12.4. The van der Waals surface area contributed by atoms with E-state index in [0.29, 0.717) is 41.7 Å². The molecule has 0 bridgehead atoms. The number of hydrogen-bond acceptors (Lipinski definition) is 3. The molecule has 0 aliphatic carbocycles. The molecule has 4 N–H and O–H groups in total. The third-order valence-electron chi connectivity index (χ3n) is 4.16. The van der Waals surface area contributed by atoms with E-state index in [2.05, 4.69) is 26.3 Å². The van der Waals surface area contributed by atoms with Crippen molar-refractivity contribution in [1.29, 1.82) is 0 Å². The molecule has 162 valence electrons. The molecule has 2 aromatic carbocycles. The number of aliphatic imine (C=N–C) groups is 1. The summed E-state index contributed by atoms with van der Waals surface area (Å²) in [4.78, 5) is 27.9. The van der Waals surface area contributed by atoms with Gasteiger partial charge in [0, 0.05) is 49.9 Å². The molecule has 0 saturated heterocycles. The zero-order chi connectivity index (χ0) is 21.1. The third-order valence-corrected chi connectivity index (χ3v) is 4.41. The average Bonchev–Trinajstić information content (AvgIpc) is 2.75. The maximum Gasteiger partial charge on any atom is 0.251 e. The van der Waals surface area contributed by atoms with Gasteiger partial charge in [-0.25, -0.2) is 0 Å². The standard InChI is InChI=1S/C21H26ClN5O2.HI/c1-23-19(28)17-5-3-4-15(14-17)10-11-26-21(24-2)27-13-12-25-20(29)16-6-8-18(22)9-7-16;/h3-9,14H,10-13H2,1-2H3,(H,23,28)(H,25,29)(H2,24,26,27);1H. The van der Waals surface area contributed by atoms with Gasteiger partial charge in [-0.1, -0.05) is 23.7 Å². The highest BCUT2D eigenvalue weighted by Gasteiger charge is 2.05. The van der Waals surface area contributed by atoms with Crippen molar-refractivity contribution in [3.05, 3.63) is 70.2 Å². The van der Waals surface area contributed by atoms with Gasteiger partial charge in [0.15, 0.2) is 5.96 Å². The van der Waals surface area contributed by atoms with Gasteiger partial charge in [0.05, 0.1) is 0 Å². The number of guanidine groups is 1. The molecule has 0 unspecified atom stereocenters. The summed E-state index contributed by atoms with van der Waals surface area (Å²) in [5.74, 6) is 0.397. The number of nitrogens with zero attached hydrogens (tertiary/aromatic N) is 1. The van der Waals surface area contributed by atoms with E-state index in [1.54, 1.807) is 44.4 Å². The first kappa shape index (κ1) is 25.7. The lowest BCUT2D eigenvalue weighted by atomic mass is 10.1. The third kappa shape index (κ3) is 8.58. The Morgan fingerprint density at radius 1 is 0.900 bits per heavy atom. The molecule has 2 rings (SSSR count). The van der Waals surface area contributed by atoms with Crippen LogP contribution >= 0.6 is 35.6 Å². The molecular weight excluding hydrogens is 517 g/mol. The van der Waals surface area contributed by atoms with Crippen molar-refractivity contribution >= 4 is 53.4 Å². The number of carbonyl (C=O) groups is 2. The van der Waals surface area contributed by atoms with Crippen molar-refractivity contribution in [2.24, 2.45) is 4.99 Å². The predicted molar refractivity (Wildman–Crippen MR) is 132 cm³/mol. The molecule has 0 aliphatic heterocycles. The highest BCUT2D eigenvalue weighted by molar-refractivity contribution is 14.0. The van der Waals surface area contributed by atoms with Crippen LogP contribution < -0.4 is 21.3 Å². The van der Waals surface area contributed by atoms with Crippen LogP contribution in [0.5, 0.6) is 0 Å². The van der Waals surface area contributed by atoms with E-state index >= 15 is 0 Å². The smallest absolute Gasteiger partial charge is 0.251 e. The molecule has 0 aromatic heterocycles. The molecule has 0 atom stereocenters. The molecule has 0 fully saturated rings. The highest BCUT2D eigenvalue weighted by Crippen LogP contribution is 2.09. The fraction of sp³-hybridized carbons (Fsp3) is 0.286. The molecule has 0 radical (unpaired) electrons. The van der Waals surface area contributed by atoms with Gasteiger partial charge in [-0.15, -0.1) is 24.0 Å². The summed E-state index contributed by atoms with van der Waals surface area (Å²) in [5.41, 5.74) is 2.27. The van der Waals surface area contributed by atoms with E-state index in [1.807, 2.05) is 18.2 Å². The summed E-state index contributed by atoms with van der Waals surface area (Å²) in [6, 6.07) is 14.3. The lowest BCUT2D eigenvalue weighted by molar-refractivity contribution is 0.0949. The summed E-state index contributed by atoms with van der Waals surface area (Å²) in [6.07, 6.45) is 0.749. The van der Waals surface area contributed by atoms with E-state index in [9.17, 15) is 9.59 Å². The first-order valence-electron chi connectivity index (χ1n) is 9.32. The number of halogens is 2. The Labute approximate surface area is 199 Å². The highest BCUT2D eigenvalue weighted by atomic mass is 127. The molecule has 9 heteroatoms. The number of amides is 2. The van der Waals surface area contributed by atoms with Gasteiger partial charge in [0.2, 0.25) is 0 Å². The second-order valence-corrected chi connectivity index (χ2v) is 6.65. The maximum absolute atomic E-state index is 12.0. The molecule has 30 heavy (non-hydrogen) atoms. The quantitative estimate of drug-likeness (QED) is 0.178. The van der Waals surface area contributed by atoms with E-state index in [1.165, 1.54) is 0 Å². The Bertz CT molecular complexity index is 859. The zero-order valence-electron chi connectivity index (χ0n) is 17.0. The van der Waals surface area contributed by atoms with Crippen LogP contribution in [-0.2, 0) is 6.42 Å². The number of hydrogen-bond donors (Lipinski definition) is 4. The number of rotatable bonds is 8. The van der Waals surface area contributed by atoms with Crippen LogP contribution in [0.2, 0.25) is 5.02 Å². The molecular formula is C21H27ClIN5O2. The van der Waals surface area contributed by atoms with Crippen molar-refractivity contribution in [2.75, 3.05) is 33.7 Å². The molecule has 0 spiro atoms. The van der Waals surface area contributed by atoms with E-state index in [-0.39, 0.29) is 35.8 Å². The molecule has 2 amide bonds. The minimum absolute atomic E-state index is 0. The fourth-order valence-corrected chi connectivity index (χ4v) is 2.74. The van der Waals surface area contributed by atoms with Crippen LogP contribution in [-0.4, -0.2) is 51.5 Å². The van der Waals surface area contributed by atoms with E-state index in [4.69, 9.17) is 11.6 Å². The van der Waals surface area contributed by atoms with Crippen molar-refractivity contribution in [3.8, 4) is 0 Å². The Morgan fingerprint density at radius 3 is 2.23 bits per heavy atom. The minimum Gasteiger partial charge on any atom is -0.356 e. The topological polar surface area (TPSA) is 94.6 Å². The normalized spacial score (nSPS) is 10.6. The SMILES string of the molecule is CN=C(NCCNC(=O)c1ccc(Cl)cc1)NCCc1cccc(C(=O)NC)c1.I. The van der Waals surface area contributed by atoms with Gasteiger partial charge >= 0.3 is 0 Å². The Morgan fingerprint density at radius 2 is 1.57 bits per heavy atom. The van der Waals surface area contributed by atoms with Crippen LogP contribution in [0.25, 0.3) is 0 Å². The van der Waals surface area contributed by atoms with Gasteiger partial charge in [0.1, 0.15) is 0 Å². The van der Waals surface area contributed by atoms with Crippen LogP contribution in [0.1, 0.15) is 26.3 Å². The summed E-state index contributed by atoms with van der Waals surface area (Å²) in [7, 11) is 3.30. The fourth-order valence-electron chi connectivity index (χ4n) is 2.62. The summed E-state index contributed by atoms with van der Waals surface area (Å²) in [6.45, 7) is 1.65. The Hall–Kier alpha value is -2.33. The van der Waals surface area contributed by atoms with Crippen LogP contribution in [0.3, 0.4) is 0 Å². The lowest BCUT2D eigenvalue weighted by Crippen LogP contribution is -2.42. The second-order valence-electron chi connectivity index (χ2n) is 6.22. The molecule has 7 nitrogen and oxygen atoms in total. The van der Waals surface area contributed by atoms with Crippen LogP contribution in [0.15, 0.2) is 53.5 Å². The average molecular weight is 544 g/mol. The lowest BCUT2D eigenvalue weighted by Gasteiger charge is -2.12. The van der Waals surface area contributed by atoms with Gasteiger partial charge in [-0.3, -0.25) is 14.6 Å². The molecule has 0 aliphatic rings. The van der Waals surface area contributed by atoms with Crippen molar-refractivity contribution in [2.45, 2.75) is 6.42 Å². The van der Waals surface area contributed by atoms with Gasteiger partial charge < -0.3 is 21.3 Å². The predicted octanol–water partition coefficient (Wildman–Crippen LogP) is 2.46. The van der Waals surface area contributed by atoms with Crippen molar-refractivity contribution < 1.29 is 9.59 Å². The Kier molecular flexibility index (Phi) is 11.8.